The van der Waals surface area contributed by atoms with Gasteiger partial charge in [0.25, 0.3) is 0 Å². The molecule has 1 heterocycles. The quantitative estimate of drug-likeness (QED) is 0.839. The minimum Gasteiger partial charge on any atom is -0.352 e. The van der Waals surface area contributed by atoms with E-state index in [2.05, 4.69) is 11.9 Å². The zero-order chi connectivity index (χ0) is 16.2. The highest BCUT2D eigenvalue weighted by Gasteiger charge is 2.31. The maximum Gasteiger partial charge on any atom is 0.243 e. The lowest BCUT2D eigenvalue weighted by Gasteiger charge is -2.30. The molecule has 1 aromatic carbocycles. The van der Waals surface area contributed by atoms with E-state index in [-0.39, 0.29) is 11.8 Å². The molecule has 1 fully saturated rings. The molecule has 1 amide bonds. The van der Waals surface area contributed by atoms with Crippen LogP contribution in [0.2, 0.25) is 0 Å². The summed E-state index contributed by atoms with van der Waals surface area (Å²) in [7, 11) is -3.46. The molecule has 2 rings (SSSR count). The Morgan fingerprint density at radius 2 is 1.91 bits per heavy atom. The lowest BCUT2D eigenvalue weighted by Crippen LogP contribution is -2.43. The molecule has 22 heavy (non-hydrogen) atoms. The predicted molar refractivity (Wildman–Crippen MR) is 85.9 cm³/mol. The van der Waals surface area contributed by atoms with Gasteiger partial charge in [-0.05, 0) is 31.9 Å². The Balaban J connectivity index is 2.00. The van der Waals surface area contributed by atoms with Gasteiger partial charge in [0, 0.05) is 25.6 Å². The number of hydrogen-bond donors (Lipinski definition) is 1. The van der Waals surface area contributed by atoms with Crippen molar-refractivity contribution in [2.45, 2.75) is 24.7 Å². The van der Waals surface area contributed by atoms with Crippen molar-refractivity contribution in [1.29, 1.82) is 0 Å². The molecule has 1 aromatic rings. The molecule has 5 nitrogen and oxygen atoms in total. The number of rotatable bonds is 5. The summed E-state index contributed by atoms with van der Waals surface area (Å²) in [5.41, 5.74) is 1.02. The summed E-state index contributed by atoms with van der Waals surface area (Å²) in [4.78, 5) is 12.2. The van der Waals surface area contributed by atoms with Crippen molar-refractivity contribution in [3.8, 4) is 0 Å². The first-order valence-corrected chi connectivity index (χ1v) is 8.84. The number of piperidine rings is 1. The Morgan fingerprint density at radius 3 is 2.45 bits per heavy atom. The maximum absolute atomic E-state index is 12.6. The molecule has 0 aromatic heterocycles. The van der Waals surface area contributed by atoms with Crippen LogP contribution < -0.4 is 5.32 Å². The van der Waals surface area contributed by atoms with Crippen molar-refractivity contribution >= 4 is 15.9 Å². The summed E-state index contributed by atoms with van der Waals surface area (Å²) in [6.07, 6.45) is 2.73. The van der Waals surface area contributed by atoms with Gasteiger partial charge in [-0.15, -0.1) is 6.58 Å². The number of nitrogens with zero attached hydrogens (tertiary/aromatic N) is 1. The molecule has 1 saturated heterocycles. The van der Waals surface area contributed by atoms with Crippen LogP contribution in [0, 0.1) is 12.8 Å². The number of sulfonamides is 1. The van der Waals surface area contributed by atoms with E-state index in [1.54, 1.807) is 30.3 Å². The van der Waals surface area contributed by atoms with Crippen LogP contribution >= 0.6 is 0 Å². The number of amides is 1. The molecule has 1 N–H and O–H groups in total. The predicted octanol–water partition coefficient (Wildman–Crippen LogP) is 1.70. The monoisotopic (exact) mass is 322 g/mol. The Labute approximate surface area is 132 Å². The molecule has 0 unspecified atom stereocenters. The highest BCUT2D eigenvalue weighted by molar-refractivity contribution is 7.89. The number of aryl methyl sites for hydroxylation is 1. The highest BCUT2D eigenvalue weighted by Crippen LogP contribution is 2.24. The summed E-state index contributed by atoms with van der Waals surface area (Å²) in [5.74, 6) is -0.142. The first-order chi connectivity index (χ1) is 10.4. The molecule has 0 spiro atoms. The fourth-order valence-electron chi connectivity index (χ4n) is 2.53. The van der Waals surface area contributed by atoms with Crippen molar-refractivity contribution < 1.29 is 13.2 Å². The number of carbonyl (C=O) groups is 1. The third-order valence-corrected chi connectivity index (χ3v) is 5.82. The molecule has 0 aliphatic carbocycles. The summed E-state index contributed by atoms with van der Waals surface area (Å²) in [5, 5.41) is 2.77. The van der Waals surface area contributed by atoms with Gasteiger partial charge in [0.2, 0.25) is 15.9 Å². The average molecular weight is 322 g/mol. The third-order valence-electron chi connectivity index (χ3n) is 3.90. The highest BCUT2D eigenvalue weighted by atomic mass is 32.2. The van der Waals surface area contributed by atoms with Gasteiger partial charge >= 0.3 is 0 Å². The van der Waals surface area contributed by atoms with E-state index in [9.17, 15) is 13.2 Å². The molecule has 6 heteroatoms. The molecule has 0 bridgehead atoms. The molecule has 120 valence electrons. The lowest BCUT2D eigenvalue weighted by molar-refractivity contribution is -0.125. The van der Waals surface area contributed by atoms with Gasteiger partial charge in [0.1, 0.15) is 0 Å². The van der Waals surface area contributed by atoms with Gasteiger partial charge in [-0.2, -0.15) is 4.31 Å². The minimum absolute atomic E-state index is 0.0210. The van der Waals surface area contributed by atoms with Crippen LogP contribution in [0.15, 0.2) is 41.8 Å². The Kier molecular flexibility index (Phi) is 5.37. The van der Waals surface area contributed by atoms with Gasteiger partial charge < -0.3 is 5.32 Å². The second-order valence-electron chi connectivity index (χ2n) is 5.53. The third kappa shape index (κ3) is 3.75. The van der Waals surface area contributed by atoms with E-state index in [4.69, 9.17) is 0 Å². The summed E-state index contributed by atoms with van der Waals surface area (Å²) < 4.78 is 26.6. The maximum atomic E-state index is 12.6. The zero-order valence-electron chi connectivity index (χ0n) is 12.8. The van der Waals surface area contributed by atoms with Crippen LogP contribution in [-0.2, 0) is 14.8 Å². The number of nitrogens with one attached hydrogen (secondary N) is 1. The number of carbonyl (C=O) groups excluding carboxylic acids is 1. The van der Waals surface area contributed by atoms with Crippen LogP contribution in [0.5, 0.6) is 0 Å². The standard InChI is InChI=1S/C16H22N2O3S/c1-3-10-17-16(19)14-8-11-18(12-9-14)22(20,21)15-6-4-13(2)5-7-15/h3-7,14H,1,8-12H2,2H3,(H,17,19). The van der Waals surface area contributed by atoms with Crippen LogP contribution in [0.3, 0.4) is 0 Å². The van der Waals surface area contributed by atoms with Crippen LogP contribution in [0.1, 0.15) is 18.4 Å². The fourth-order valence-corrected chi connectivity index (χ4v) is 4.00. The Hall–Kier alpha value is -1.66. The van der Waals surface area contributed by atoms with Crippen LogP contribution in [-0.4, -0.2) is 38.3 Å². The molecule has 1 aliphatic heterocycles. The molecular formula is C16H22N2O3S. The van der Waals surface area contributed by atoms with E-state index in [0.29, 0.717) is 37.4 Å². The first kappa shape index (κ1) is 16.7. The fraction of sp³-hybridized carbons (Fsp3) is 0.438. The first-order valence-electron chi connectivity index (χ1n) is 7.40. The van der Waals surface area contributed by atoms with Crippen molar-refractivity contribution in [2.24, 2.45) is 5.92 Å². The normalized spacial score (nSPS) is 17.1. The van der Waals surface area contributed by atoms with Crippen molar-refractivity contribution in [3.05, 3.63) is 42.5 Å². The SMILES string of the molecule is C=CCNC(=O)C1CCN(S(=O)(=O)c2ccc(C)cc2)CC1. The van der Waals surface area contributed by atoms with Gasteiger partial charge in [0.05, 0.1) is 4.90 Å². The average Bonchev–Trinajstić information content (AvgIpc) is 2.53. The second kappa shape index (κ2) is 7.07. The molecule has 0 atom stereocenters. The second-order valence-corrected chi connectivity index (χ2v) is 7.46. The topological polar surface area (TPSA) is 66.5 Å². The van der Waals surface area contributed by atoms with E-state index in [1.165, 1.54) is 4.31 Å². The van der Waals surface area contributed by atoms with Crippen LogP contribution in [0.4, 0.5) is 0 Å². The summed E-state index contributed by atoms with van der Waals surface area (Å²) >= 11 is 0. The van der Waals surface area contributed by atoms with Crippen molar-refractivity contribution in [1.82, 2.24) is 9.62 Å². The molecule has 0 saturated carbocycles. The van der Waals surface area contributed by atoms with Crippen molar-refractivity contribution in [2.75, 3.05) is 19.6 Å². The van der Waals surface area contributed by atoms with E-state index >= 15 is 0 Å². The zero-order valence-corrected chi connectivity index (χ0v) is 13.6. The Morgan fingerprint density at radius 1 is 1.32 bits per heavy atom. The van der Waals surface area contributed by atoms with Gasteiger partial charge in [-0.25, -0.2) is 8.42 Å². The summed E-state index contributed by atoms with van der Waals surface area (Å²) in [6.45, 7) is 6.68. The smallest absolute Gasteiger partial charge is 0.243 e. The van der Waals surface area contributed by atoms with Crippen molar-refractivity contribution in [3.63, 3.8) is 0 Å². The molecule has 0 radical (unpaired) electrons. The van der Waals surface area contributed by atoms with E-state index in [1.807, 2.05) is 6.92 Å². The Bertz CT molecular complexity index is 630. The van der Waals surface area contributed by atoms with Crippen LogP contribution in [0.25, 0.3) is 0 Å². The largest absolute Gasteiger partial charge is 0.352 e. The summed E-state index contributed by atoms with van der Waals surface area (Å²) in [6, 6.07) is 6.85. The van der Waals surface area contributed by atoms with Gasteiger partial charge in [0.15, 0.2) is 0 Å². The van der Waals surface area contributed by atoms with E-state index in [0.717, 1.165) is 5.56 Å². The minimum atomic E-state index is -3.46. The number of benzene rings is 1. The lowest BCUT2D eigenvalue weighted by atomic mass is 9.97. The van der Waals surface area contributed by atoms with Gasteiger partial charge in [-0.3, -0.25) is 4.79 Å². The number of hydrogen-bond acceptors (Lipinski definition) is 3. The van der Waals surface area contributed by atoms with Gasteiger partial charge in [-0.1, -0.05) is 23.8 Å². The van der Waals surface area contributed by atoms with E-state index < -0.39 is 10.0 Å². The molecule has 1 aliphatic rings. The molecular weight excluding hydrogens is 300 g/mol.